The van der Waals surface area contributed by atoms with Gasteiger partial charge >= 0.3 is 0 Å². The predicted octanol–water partition coefficient (Wildman–Crippen LogP) is 1.30. The van der Waals surface area contributed by atoms with Gasteiger partial charge < -0.3 is 10.6 Å². The Kier molecular flexibility index (Phi) is 2.06. The van der Waals surface area contributed by atoms with Crippen LogP contribution < -0.4 is 10.6 Å². The van der Waals surface area contributed by atoms with E-state index in [1.165, 1.54) is 6.42 Å². The van der Waals surface area contributed by atoms with Gasteiger partial charge in [0.2, 0.25) is 5.95 Å². The Morgan fingerprint density at radius 3 is 2.50 bits per heavy atom. The maximum absolute atomic E-state index is 5.52. The highest BCUT2D eigenvalue weighted by Gasteiger charge is 2.38. The van der Waals surface area contributed by atoms with Crippen molar-refractivity contribution in [2.75, 3.05) is 23.7 Å². The van der Waals surface area contributed by atoms with E-state index in [2.05, 4.69) is 28.7 Å². The fourth-order valence-corrected chi connectivity index (χ4v) is 1.73. The predicted molar refractivity (Wildman–Crippen MR) is 57.1 cm³/mol. The largest absolute Gasteiger partial charge is 0.396 e. The molecule has 0 radical (unpaired) electrons. The van der Waals surface area contributed by atoms with E-state index in [9.17, 15) is 0 Å². The molecule has 1 aromatic heterocycles. The molecule has 0 amide bonds. The molecule has 0 atom stereocenters. The molecule has 2 heterocycles. The van der Waals surface area contributed by atoms with Gasteiger partial charge in [0.05, 0.1) is 18.1 Å². The van der Waals surface area contributed by atoms with Gasteiger partial charge in [-0.3, -0.25) is 0 Å². The van der Waals surface area contributed by atoms with Crippen LogP contribution in [0, 0.1) is 5.41 Å². The van der Waals surface area contributed by atoms with Crippen LogP contribution in [0.15, 0.2) is 12.4 Å². The van der Waals surface area contributed by atoms with Gasteiger partial charge in [-0.2, -0.15) is 0 Å². The van der Waals surface area contributed by atoms with Crippen LogP contribution in [0.2, 0.25) is 0 Å². The zero-order valence-corrected chi connectivity index (χ0v) is 8.70. The lowest BCUT2D eigenvalue weighted by Crippen LogP contribution is -2.55. The molecule has 76 valence electrons. The van der Waals surface area contributed by atoms with Crippen molar-refractivity contribution < 1.29 is 0 Å². The van der Waals surface area contributed by atoms with E-state index in [4.69, 9.17) is 5.73 Å². The fraction of sp³-hybridized carbons (Fsp3) is 0.600. The Morgan fingerprint density at radius 1 is 1.43 bits per heavy atom. The lowest BCUT2D eigenvalue weighted by atomic mass is 9.80. The molecule has 2 N–H and O–H groups in total. The van der Waals surface area contributed by atoms with Gasteiger partial charge in [0.15, 0.2) is 0 Å². The number of anilines is 2. The molecule has 2 rings (SSSR count). The Hall–Kier alpha value is -1.32. The van der Waals surface area contributed by atoms with Crippen LogP contribution in [0.4, 0.5) is 11.6 Å². The van der Waals surface area contributed by atoms with Gasteiger partial charge in [-0.15, -0.1) is 0 Å². The zero-order valence-electron chi connectivity index (χ0n) is 8.70. The van der Waals surface area contributed by atoms with Gasteiger partial charge in [-0.1, -0.05) is 13.8 Å². The van der Waals surface area contributed by atoms with Gasteiger partial charge in [-0.25, -0.2) is 9.97 Å². The van der Waals surface area contributed by atoms with Crippen molar-refractivity contribution in [1.29, 1.82) is 0 Å². The number of rotatable bonds is 2. The van der Waals surface area contributed by atoms with E-state index in [-0.39, 0.29) is 0 Å². The highest BCUT2D eigenvalue weighted by atomic mass is 15.3. The molecule has 1 fully saturated rings. The van der Waals surface area contributed by atoms with Crippen LogP contribution >= 0.6 is 0 Å². The highest BCUT2D eigenvalue weighted by Crippen LogP contribution is 2.34. The second-order valence-corrected chi connectivity index (χ2v) is 4.34. The molecule has 0 unspecified atom stereocenters. The molecule has 14 heavy (non-hydrogen) atoms. The zero-order chi connectivity index (χ0) is 10.2. The van der Waals surface area contributed by atoms with Crippen LogP contribution in [0.3, 0.4) is 0 Å². The summed E-state index contributed by atoms with van der Waals surface area (Å²) >= 11 is 0. The summed E-state index contributed by atoms with van der Waals surface area (Å²) in [5, 5.41) is 0. The van der Waals surface area contributed by atoms with Gasteiger partial charge in [0.1, 0.15) is 0 Å². The topological polar surface area (TPSA) is 55.0 Å². The van der Waals surface area contributed by atoms with Crippen molar-refractivity contribution in [3.63, 3.8) is 0 Å². The van der Waals surface area contributed by atoms with Crippen LogP contribution in [0.25, 0.3) is 0 Å². The number of hydrogen-bond acceptors (Lipinski definition) is 4. The maximum Gasteiger partial charge on any atom is 0.225 e. The van der Waals surface area contributed by atoms with Crippen LogP contribution in [0.5, 0.6) is 0 Å². The number of nitrogens with zero attached hydrogens (tertiary/aromatic N) is 3. The fourth-order valence-electron chi connectivity index (χ4n) is 1.73. The molecule has 0 saturated carbocycles. The minimum Gasteiger partial charge on any atom is -0.396 e. The Balaban J connectivity index is 2.03. The first-order valence-electron chi connectivity index (χ1n) is 4.95. The van der Waals surface area contributed by atoms with E-state index < -0.39 is 0 Å². The summed E-state index contributed by atoms with van der Waals surface area (Å²) in [6.07, 6.45) is 4.52. The smallest absolute Gasteiger partial charge is 0.225 e. The lowest BCUT2D eigenvalue weighted by molar-refractivity contribution is 0.230. The van der Waals surface area contributed by atoms with Crippen LogP contribution in [-0.2, 0) is 0 Å². The van der Waals surface area contributed by atoms with Gasteiger partial charge in [0.25, 0.3) is 0 Å². The van der Waals surface area contributed by atoms with Crippen molar-refractivity contribution in [3.8, 4) is 0 Å². The monoisotopic (exact) mass is 192 g/mol. The third-order valence-electron chi connectivity index (χ3n) is 2.94. The summed E-state index contributed by atoms with van der Waals surface area (Å²) in [4.78, 5) is 10.6. The number of hydrogen-bond donors (Lipinski definition) is 1. The third kappa shape index (κ3) is 1.52. The van der Waals surface area contributed by atoms with Gasteiger partial charge in [0, 0.05) is 18.5 Å². The molecule has 0 aromatic carbocycles. The third-order valence-corrected chi connectivity index (χ3v) is 2.94. The molecule has 4 nitrogen and oxygen atoms in total. The minimum absolute atomic E-state index is 0.449. The summed E-state index contributed by atoms with van der Waals surface area (Å²) in [5.41, 5.74) is 6.59. The molecule has 0 aliphatic carbocycles. The summed E-state index contributed by atoms with van der Waals surface area (Å²) < 4.78 is 0. The summed E-state index contributed by atoms with van der Waals surface area (Å²) in [7, 11) is 0. The highest BCUT2D eigenvalue weighted by molar-refractivity contribution is 5.40. The normalized spacial score (nSPS) is 19.1. The Morgan fingerprint density at radius 2 is 2.00 bits per heavy atom. The standard InChI is InChI=1S/C10H16N4/c1-3-10(2)6-14(7-10)9-12-4-8(11)5-13-9/h4-5H,3,6-7,11H2,1-2H3. The first-order chi connectivity index (χ1) is 6.63. The summed E-state index contributed by atoms with van der Waals surface area (Å²) in [6.45, 7) is 6.61. The van der Waals surface area contributed by atoms with E-state index in [1.807, 2.05) is 0 Å². The molecule has 1 aliphatic rings. The summed E-state index contributed by atoms with van der Waals surface area (Å²) in [6, 6.07) is 0. The number of aromatic nitrogens is 2. The Bertz CT molecular complexity index is 313. The van der Waals surface area contributed by atoms with Crippen LogP contribution in [0.1, 0.15) is 20.3 Å². The van der Waals surface area contributed by atoms with Crippen molar-refractivity contribution in [2.24, 2.45) is 5.41 Å². The second-order valence-electron chi connectivity index (χ2n) is 4.34. The second kappa shape index (κ2) is 3.12. The Labute approximate surface area is 84.2 Å². The molecule has 1 saturated heterocycles. The van der Waals surface area contributed by atoms with E-state index in [0.29, 0.717) is 11.1 Å². The average molecular weight is 192 g/mol. The number of nitrogen functional groups attached to an aromatic ring is 1. The average Bonchev–Trinajstić information content (AvgIpc) is 2.15. The van der Waals surface area contributed by atoms with Crippen molar-refractivity contribution in [2.45, 2.75) is 20.3 Å². The lowest BCUT2D eigenvalue weighted by Gasteiger charge is -2.47. The first kappa shape index (κ1) is 9.24. The molecule has 0 spiro atoms. The van der Waals surface area contributed by atoms with E-state index in [0.717, 1.165) is 19.0 Å². The van der Waals surface area contributed by atoms with Crippen molar-refractivity contribution in [1.82, 2.24) is 9.97 Å². The summed E-state index contributed by atoms with van der Waals surface area (Å²) in [5.74, 6) is 0.796. The molecule has 0 bridgehead atoms. The maximum atomic E-state index is 5.52. The first-order valence-corrected chi connectivity index (χ1v) is 4.95. The van der Waals surface area contributed by atoms with Crippen LogP contribution in [-0.4, -0.2) is 23.1 Å². The van der Waals surface area contributed by atoms with Crippen molar-refractivity contribution in [3.05, 3.63) is 12.4 Å². The molecular weight excluding hydrogens is 176 g/mol. The molecule has 1 aromatic rings. The molecular formula is C10H16N4. The minimum atomic E-state index is 0.449. The van der Waals surface area contributed by atoms with Gasteiger partial charge in [-0.05, 0) is 6.42 Å². The van der Waals surface area contributed by atoms with E-state index >= 15 is 0 Å². The van der Waals surface area contributed by atoms with E-state index in [1.54, 1.807) is 12.4 Å². The number of nitrogens with two attached hydrogens (primary N) is 1. The SMILES string of the molecule is CCC1(C)CN(c2ncc(N)cn2)C1. The molecule has 4 heteroatoms. The van der Waals surface area contributed by atoms with Crippen molar-refractivity contribution >= 4 is 11.6 Å². The molecule has 1 aliphatic heterocycles. The quantitative estimate of drug-likeness (QED) is 0.767.